The van der Waals surface area contributed by atoms with E-state index in [9.17, 15) is 14.0 Å². The van der Waals surface area contributed by atoms with E-state index in [4.69, 9.17) is 27.7 Å². The fourth-order valence-electron chi connectivity index (χ4n) is 3.12. The van der Waals surface area contributed by atoms with Gasteiger partial charge in [-0.25, -0.2) is 9.18 Å². The Hall–Kier alpha value is -2.97. The van der Waals surface area contributed by atoms with Gasteiger partial charge < -0.3 is 9.84 Å². The maximum absolute atomic E-state index is 13.4. The Morgan fingerprint density at radius 1 is 1.17 bits per heavy atom. The Morgan fingerprint density at radius 3 is 2.66 bits per heavy atom. The quantitative estimate of drug-likeness (QED) is 0.623. The van der Waals surface area contributed by atoms with Crippen molar-refractivity contribution in [2.75, 3.05) is 0 Å². The number of nitrogens with one attached hydrogen (secondary N) is 1. The summed E-state index contributed by atoms with van der Waals surface area (Å²) in [5, 5.41) is 6.88. The number of imide groups is 1. The standard InChI is InChI=1S/C19H13Cl2FN4O3/c1-19(12-7-6-10(22)8-14(12)21)17(27)26(18(28)24-19)9-15-23-16(29-25-15)11-4-2-3-5-13(11)20/h2-8H,9H2,1H3,(H,24,28). The van der Waals surface area contributed by atoms with Gasteiger partial charge in [0.25, 0.3) is 11.8 Å². The highest BCUT2D eigenvalue weighted by Crippen LogP contribution is 2.34. The zero-order valence-electron chi connectivity index (χ0n) is 14.9. The van der Waals surface area contributed by atoms with Gasteiger partial charge in [0.2, 0.25) is 0 Å². The van der Waals surface area contributed by atoms with Crippen LogP contribution in [-0.2, 0) is 16.9 Å². The van der Waals surface area contributed by atoms with E-state index in [1.807, 2.05) is 0 Å². The molecule has 1 N–H and O–H groups in total. The molecule has 29 heavy (non-hydrogen) atoms. The summed E-state index contributed by atoms with van der Waals surface area (Å²) in [7, 11) is 0. The van der Waals surface area contributed by atoms with Crippen LogP contribution < -0.4 is 5.32 Å². The number of halogens is 3. The van der Waals surface area contributed by atoms with E-state index in [0.29, 0.717) is 10.6 Å². The summed E-state index contributed by atoms with van der Waals surface area (Å²) >= 11 is 12.2. The van der Waals surface area contributed by atoms with Crippen molar-refractivity contribution < 1.29 is 18.5 Å². The summed E-state index contributed by atoms with van der Waals surface area (Å²) in [5.74, 6) is -0.824. The van der Waals surface area contributed by atoms with Gasteiger partial charge in [0.15, 0.2) is 5.82 Å². The first-order valence-corrected chi connectivity index (χ1v) is 9.22. The highest BCUT2D eigenvalue weighted by Gasteiger charge is 2.50. The molecule has 0 spiro atoms. The highest BCUT2D eigenvalue weighted by molar-refractivity contribution is 6.33. The molecule has 148 valence electrons. The number of carbonyl (C=O) groups excluding carboxylic acids is 2. The van der Waals surface area contributed by atoms with Gasteiger partial charge in [-0.2, -0.15) is 4.98 Å². The lowest BCUT2D eigenvalue weighted by Crippen LogP contribution is -2.41. The van der Waals surface area contributed by atoms with E-state index in [0.717, 1.165) is 11.0 Å². The average molecular weight is 435 g/mol. The molecule has 1 fully saturated rings. The van der Waals surface area contributed by atoms with Gasteiger partial charge in [0.05, 0.1) is 17.1 Å². The summed E-state index contributed by atoms with van der Waals surface area (Å²) in [6.07, 6.45) is 0. The van der Waals surface area contributed by atoms with Gasteiger partial charge in [0.1, 0.15) is 11.4 Å². The molecule has 1 unspecified atom stereocenters. The Bertz CT molecular complexity index is 1140. The molecule has 1 aliphatic rings. The van der Waals surface area contributed by atoms with Crippen molar-refractivity contribution in [3.8, 4) is 11.5 Å². The molecule has 2 aromatic carbocycles. The van der Waals surface area contributed by atoms with Crippen LogP contribution >= 0.6 is 23.2 Å². The first-order valence-electron chi connectivity index (χ1n) is 8.47. The van der Waals surface area contributed by atoms with E-state index in [2.05, 4.69) is 15.5 Å². The van der Waals surface area contributed by atoms with Crippen molar-refractivity contribution in [3.63, 3.8) is 0 Å². The molecule has 0 aliphatic carbocycles. The molecule has 7 nitrogen and oxygen atoms in total. The van der Waals surface area contributed by atoms with Crippen LogP contribution in [0.5, 0.6) is 0 Å². The third-order valence-corrected chi connectivity index (χ3v) is 5.26. The van der Waals surface area contributed by atoms with Crippen molar-refractivity contribution in [1.82, 2.24) is 20.4 Å². The molecule has 3 amide bonds. The van der Waals surface area contributed by atoms with Crippen LogP contribution in [0, 0.1) is 5.82 Å². The third kappa shape index (κ3) is 3.34. The third-order valence-electron chi connectivity index (χ3n) is 4.62. The molecular weight excluding hydrogens is 422 g/mol. The minimum atomic E-state index is -1.45. The van der Waals surface area contributed by atoms with E-state index >= 15 is 0 Å². The number of urea groups is 1. The molecule has 1 aliphatic heterocycles. The van der Waals surface area contributed by atoms with Crippen LogP contribution in [0.1, 0.15) is 18.3 Å². The molecule has 2 heterocycles. The van der Waals surface area contributed by atoms with Crippen molar-refractivity contribution in [2.45, 2.75) is 19.0 Å². The van der Waals surface area contributed by atoms with E-state index in [1.54, 1.807) is 24.3 Å². The summed E-state index contributed by atoms with van der Waals surface area (Å²) < 4.78 is 18.6. The number of carbonyl (C=O) groups is 2. The normalized spacial score (nSPS) is 19.0. The number of benzene rings is 2. The van der Waals surface area contributed by atoms with Crippen molar-refractivity contribution in [2.24, 2.45) is 0 Å². The Balaban J connectivity index is 1.60. The largest absolute Gasteiger partial charge is 0.334 e. The number of rotatable bonds is 4. The second-order valence-corrected chi connectivity index (χ2v) is 7.38. The fourth-order valence-corrected chi connectivity index (χ4v) is 3.69. The van der Waals surface area contributed by atoms with E-state index < -0.39 is 23.3 Å². The first-order chi connectivity index (χ1) is 13.8. The summed E-state index contributed by atoms with van der Waals surface area (Å²) in [5.41, 5.74) is -0.628. The minimum Gasteiger partial charge on any atom is -0.334 e. The lowest BCUT2D eigenvalue weighted by Gasteiger charge is -2.23. The van der Waals surface area contributed by atoms with Gasteiger partial charge >= 0.3 is 6.03 Å². The number of hydrogen-bond donors (Lipinski definition) is 1. The monoisotopic (exact) mass is 434 g/mol. The maximum Gasteiger partial charge on any atom is 0.325 e. The lowest BCUT2D eigenvalue weighted by molar-refractivity contribution is -0.131. The predicted molar refractivity (Wildman–Crippen MR) is 103 cm³/mol. The van der Waals surface area contributed by atoms with Crippen molar-refractivity contribution in [3.05, 3.63) is 69.7 Å². The second-order valence-electron chi connectivity index (χ2n) is 6.57. The molecule has 1 atom stereocenters. The van der Waals surface area contributed by atoms with E-state index in [1.165, 1.54) is 19.1 Å². The molecule has 1 aromatic heterocycles. The van der Waals surface area contributed by atoms with Crippen LogP contribution in [0.4, 0.5) is 9.18 Å². The van der Waals surface area contributed by atoms with Crippen LogP contribution in [0.2, 0.25) is 10.0 Å². The summed E-state index contributed by atoms with van der Waals surface area (Å²) in [6, 6.07) is 9.88. The molecule has 4 rings (SSSR count). The number of aromatic nitrogens is 2. The van der Waals surface area contributed by atoms with Crippen LogP contribution in [0.3, 0.4) is 0 Å². The first kappa shape index (κ1) is 19.4. The molecule has 0 saturated carbocycles. The van der Waals surface area contributed by atoms with Gasteiger partial charge in [0, 0.05) is 10.6 Å². The second kappa shape index (κ2) is 7.13. The van der Waals surface area contributed by atoms with Gasteiger partial charge in [-0.05, 0) is 31.2 Å². The molecule has 0 bridgehead atoms. The Morgan fingerprint density at radius 2 is 1.93 bits per heavy atom. The fraction of sp³-hybridized carbons (Fsp3) is 0.158. The highest BCUT2D eigenvalue weighted by atomic mass is 35.5. The molecular formula is C19H13Cl2FN4O3. The molecule has 3 aromatic rings. The predicted octanol–water partition coefficient (Wildman–Crippen LogP) is 4.15. The number of hydrogen-bond acceptors (Lipinski definition) is 5. The van der Waals surface area contributed by atoms with Crippen molar-refractivity contribution in [1.29, 1.82) is 0 Å². The van der Waals surface area contributed by atoms with Crippen molar-refractivity contribution >= 4 is 35.1 Å². The van der Waals surface area contributed by atoms with Crippen LogP contribution in [0.25, 0.3) is 11.5 Å². The summed E-state index contributed by atoms with van der Waals surface area (Å²) in [6.45, 7) is 1.28. The zero-order valence-corrected chi connectivity index (χ0v) is 16.5. The minimum absolute atomic E-state index is 0.0311. The number of amides is 3. The molecule has 10 heteroatoms. The smallest absolute Gasteiger partial charge is 0.325 e. The lowest BCUT2D eigenvalue weighted by atomic mass is 9.92. The Labute approximate surface area is 174 Å². The SMILES string of the molecule is CC1(c2ccc(F)cc2Cl)NC(=O)N(Cc2noc(-c3ccccc3Cl)n2)C1=O. The van der Waals surface area contributed by atoms with E-state index in [-0.39, 0.29) is 28.8 Å². The summed E-state index contributed by atoms with van der Waals surface area (Å²) in [4.78, 5) is 30.6. The van der Waals surface area contributed by atoms with Gasteiger partial charge in [-0.3, -0.25) is 9.69 Å². The van der Waals surface area contributed by atoms with Gasteiger partial charge in [-0.1, -0.05) is 46.6 Å². The maximum atomic E-state index is 13.4. The van der Waals surface area contributed by atoms with Crippen LogP contribution in [0.15, 0.2) is 47.0 Å². The molecule has 1 saturated heterocycles. The zero-order chi connectivity index (χ0) is 20.8. The Kier molecular flexibility index (Phi) is 4.76. The average Bonchev–Trinajstić information content (AvgIpc) is 3.21. The number of nitrogens with zero attached hydrogens (tertiary/aromatic N) is 3. The topological polar surface area (TPSA) is 88.3 Å². The van der Waals surface area contributed by atoms with Gasteiger partial charge in [-0.15, -0.1) is 0 Å². The molecule has 0 radical (unpaired) electrons. The van der Waals surface area contributed by atoms with Crippen LogP contribution in [-0.4, -0.2) is 27.0 Å².